The molecule has 0 aliphatic carbocycles. The number of carbonyl (C=O) groups is 1. The van der Waals surface area contributed by atoms with Crippen LogP contribution in [-0.4, -0.2) is 21.4 Å². The molecular formula is C16H16N4O. The molecule has 0 aliphatic heterocycles. The van der Waals surface area contributed by atoms with Crippen LogP contribution in [0.2, 0.25) is 0 Å². The average Bonchev–Trinajstić information content (AvgIpc) is 2.91. The molecule has 0 bridgehead atoms. The molecule has 0 unspecified atom stereocenters. The molecule has 0 fully saturated rings. The molecule has 0 atom stereocenters. The summed E-state index contributed by atoms with van der Waals surface area (Å²) in [4.78, 5) is 12.2. The number of benzene rings is 2. The maximum atomic E-state index is 10.6. The molecule has 3 rings (SSSR count). The maximum absolute atomic E-state index is 10.6. The van der Waals surface area contributed by atoms with Crippen LogP contribution >= 0.6 is 0 Å². The predicted molar refractivity (Wildman–Crippen MR) is 82.7 cm³/mol. The number of aryl methyl sites for hydroxylation is 2. The van der Waals surface area contributed by atoms with Crippen molar-refractivity contribution in [3.63, 3.8) is 0 Å². The fraction of sp³-hybridized carbons (Fsp3) is 0.188. The van der Waals surface area contributed by atoms with Gasteiger partial charge in [0.15, 0.2) is 0 Å². The fourth-order valence-corrected chi connectivity index (χ4v) is 2.27. The molecule has 3 aromatic rings. The van der Waals surface area contributed by atoms with Gasteiger partial charge in [-0.3, -0.25) is 4.79 Å². The Labute approximate surface area is 122 Å². The highest BCUT2D eigenvalue weighted by Gasteiger charge is 2.08. The summed E-state index contributed by atoms with van der Waals surface area (Å²) < 4.78 is 0. The summed E-state index contributed by atoms with van der Waals surface area (Å²) in [6, 6.07) is 11.9. The van der Waals surface area contributed by atoms with Gasteiger partial charge in [0.25, 0.3) is 0 Å². The highest BCUT2D eigenvalue weighted by molar-refractivity contribution is 5.84. The molecule has 5 nitrogen and oxygen atoms in total. The van der Waals surface area contributed by atoms with E-state index in [1.807, 2.05) is 31.2 Å². The molecule has 21 heavy (non-hydrogen) atoms. The molecule has 2 aromatic carbocycles. The predicted octanol–water partition coefficient (Wildman–Crippen LogP) is 2.86. The molecular weight excluding hydrogens is 264 g/mol. The van der Waals surface area contributed by atoms with Crippen LogP contribution in [0, 0.1) is 6.92 Å². The van der Waals surface area contributed by atoms with Crippen molar-refractivity contribution < 1.29 is 4.79 Å². The van der Waals surface area contributed by atoms with Gasteiger partial charge < -0.3 is 5.32 Å². The van der Waals surface area contributed by atoms with Crippen molar-refractivity contribution in [2.24, 2.45) is 0 Å². The SMILES string of the molecule is CCc1ccc(-n2nc3cc(C)c(NC=O)cc3n2)cc1. The van der Waals surface area contributed by atoms with Crippen LogP contribution in [0.25, 0.3) is 16.7 Å². The van der Waals surface area contributed by atoms with Crippen LogP contribution in [0.4, 0.5) is 5.69 Å². The maximum Gasteiger partial charge on any atom is 0.211 e. The lowest BCUT2D eigenvalue weighted by Crippen LogP contribution is -1.98. The first kappa shape index (κ1) is 13.3. The largest absolute Gasteiger partial charge is 0.328 e. The van der Waals surface area contributed by atoms with Crippen LogP contribution in [0.1, 0.15) is 18.1 Å². The van der Waals surface area contributed by atoms with E-state index in [-0.39, 0.29) is 0 Å². The molecule has 0 saturated heterocycles. The zero-order valence-electron chi connectivity index (χ0n) is 12.0. The minimum absolute atomic E-state index is 0.669. The van der Waals surface area contributed by atoms with Crippen molar-refractivity contribution in [1.29, 1.82) is 0 Å². The Hall–Kier alpha value is -2.69. The number of hydrogen-bond acceptors (Lipinski definition) is 3. The lowest BCUT2D eigenvalue weighted by Gasteiger charge is -2.01. The average molecular weight is 280 g/mol. The van der Waals surface area contributed by atoms with Crippen molar-refractivity contribution >= 4 is 23.1 Å². The molecule has 1 heterocycles. The van der Waals surface area contributed by atoms with Gasteiger partial charge in [-0.1, -0.05) is 19.1 Å². The molecule has 106 valence electrons. The van der Waals surface area contributed by atoms with Crippen LogP contribution in [0.3, 0.4) is 0 Å². The van der Waals surface area contributed by atoms with E-state index >= 15 is 0 Å². The molecule has 1 amide bonds. The Morgan fingerprint density at radius 3 is 2.43 bits per heavy atom. The molecule has 1 N–H and O–H groups in total. The van der Waals surface area contributed by atoms with Crippen molar-refractivity contribution in [2.75, 3.05) is 5.32 Å². The van der Waals surface area contributed by atoms with E-state index in [0.29, 0.717) is 6.41 Å². The molecule has 0 aliphatic rings. The van der Waals surface area contributed by atoms with Gasteiger partial charge in [-0.2, -0.15) is 4.80 Å². The Balaban J connectivity index is 2.05. The van der Waals surface area contributed by atoms with Gasteiger partial charge in [0, 0.05) is 5.69 Å². The second-order valence-electron chi connectivity index (χ2n) is 4.93. The smallest absolute Gasteiger partial charge is 0.211 e. The van der Waals surface area contributed by atoms with E-state index in [1.165, 1.54) is 5.56 Å². The van der Waals surface area contributed by atoms with Crippen LogP contribution in [0.5, 0.6) is 0 Å². The van der Waals surface area contributed by atoms with Gasteiger partial charge in [0.2, 0.25) is 6.41 Å². The molecule has 0 radical (unpaired) electrons. The summed E-state index contributed by atoms with van der Waals surface area (Å²) in [5.74, 6) is 0. The lowest BCUT2D eigenvalue weighted by molar-refractivity contribution is -0.105. The second-order valence-corrected chi connectivity index (χ2v) is 4.93. The number of aromatic nitrogens is 3. The molecule has 5 heteroatoms. The van der Waals surface area contributed by atoms with E-state index in [9.17, 15) is 4.79 Å². The van der Waals surface area contributed by atoms with Crippen LogP contribution < -0.4 is 5.32 Å². The number of nitrogens with one attached hydrogen (secondary N) is 1. The monoisotopic (exact) mass is 280 g/mol. The van der Waals surface area contributed by atoms with E-state index < -0.39 is 0 Å². The zero-order chi connectivity index (χ0) is 14.8. The first-order valence-electron chi connectivity index (χ1n) is 6.88. The van der Waals surface area contributed by atoms with Crippen LogP contribution in [-0.2, 0) is 11.2 Å². The lowest BCUT2D eigenvalue weighted by atomic mass is 10.2. The van der Waals surface area contributed by atoms with Gasteiger partial charge in [-0.15, -0.1) is 10.2 Å². The third-order valence-electron chi connectivity index (χ3n) is 3.52. The summed E-state index contributed by atoms with van der Waals surface area (Å²) in [5.41, 5.74) is 5.48. The van der Waals surface area contributed by atoms with E-state index in [1.54, 1.807) is 4.80 Å². The highest BCUT2D eigenvalue weighted by Crippen LogP contribution is 2.21. The second kappa shape index (κ2) is 5.36. The zero-order valence-corrected chi connectivity index (χ0v) is 12.0. The van der Waals surface area contributed by atoms with E-state index in [2.05, 4.69) is 34.6 Å². The third kappa shape index (κ3) is 2.50. The van der Waals surface area contributed by atoms with E-state index in [0.717, 1.165) is 34.4 Å². The topological polar surface area (TPSA) is 59.8 Å². The number of anilines is 1. The Morgan fingerprint density at radius 1 is 1.14 bits per heavy atom. The van der Waals surface area contributed by atoms with E-state index in [4.69, 9.17) is 0 Å². The van der Waals surface area contributed by atoms with Gasteiger partial charge in [0.1, 0.15) is 11.0 Å². The van der Waals surface area contributed by atoms with Crippen molar-refractivity contribution in [1.82, 2.24) is 15.0 Å². The standard InChI is InChI=1S/C16H16N4O/c1-3-12-4-6-13(7-5-12)20-18-15-8-11(2)14(17-10-21)9-16(15)19-20/h4-10H,3H2,1-2H3,(H,17,21). The molecule has 1 aromatic heterocycles. The normalized spacial score (nSPS) is 10.8. The summed E-state index contributed by atoms with van der Waals surface area (Å²) in [7, 11) is 0. The number of fused-ring (bicyclic) bond motifs is 1. The van der Waals surface area contributed by atoms with Crippen LogP contribution in [0.15, 0.2) is 36.4 Å². The summed E-state index contributed by atoms with van der Waals surface area (Å²) in [5, 5.41) is 11.6. The minimum Gasteiger partial charge on any atom is -0.328 e. The van der Waals surface area contributed by atoms with Crippen molar-refractivity contribution in [3.05, 3.63) is 47.5 Å². The summed E-state index contributed by atoms with van der Waals surface area (Å²) >= 11 is 0. The summed E-state index contributed by atoms with van der Waals surface area (Å²) in [6.45, 7) is 4.06. The van der Waals surface area contributed by atoms with Gasteiger partial charge >= 0.3 is 0 Å². The van der Waals surface area contributed by atoms with Crippen molar-refractivity contribution in [3.8, 4) is 5.69 Å². The summed E-state index contributed by atoms with van der Waals surface area (Å²) in [6.07, 6.45) is 1.68. The van der Waals surface area contributed by atoms with Gasteiger partial charge in [-0.05, 0) is 48.7 Å². The molecule has 0 saturated carbocycles. The number of hydrogen-bond donors (Lipinski definition) is 1. The molecule has 0 spiro atoms. The third-order valence-corrected chi connectivity index (χ3v) is 3.52. The minimum atomic E-state index is 0.669. The Bertz CT molecular complexity index is 790. The quantitative estimate of drug-likeness (QED) is 0.748. The Morgan fingerprint density at radius 2 is 1.81 bits per heavy atom. The number of amides is 1. The fourth-order valence-electron chi connectivity index (χ4n) is 2.27. The number of carbonyl (C=O) groups excluding carboxylic acids is 1. The van der Waals surface area contributed by atoms with Gasteiger partial charge in [0.05, 0.1) is 5.69 Å². The Kier molecular flexibility index (Phi) is 3.39. The first-order chi connectivity index (χ1) is 10.2. The number of nitrogens with zero attached hydrogens (tertiary/aromatic N) is 3. The first-order valence-corrected chi connectivity index (χ1v) is 6.88. The highest BCUT2D eigenvalue weighted by atomic mass is 16.1. The van der Waals surface area contributed by atoms with Crippen molar-refractivity contribution in [2.45, 2.75) is 20.3 Å². The number of rotatable bonds is 4. The van der Waals surface area contributed by atoms with Gasteiger partial charge in [-0.25, -0.2) is 0 Å².